The zero-order chi connectivity index (χ0) is 12.6. The maximum atomic E-state index is 10.8. The Kier molecular flexibility index (Phi) is 2.81. The van der Waals surface area contributed by atoms with Crippen LogP contribution >= 0.6 is 0 Å². The van der Waals surface area contributed by atoms with Gasteiger partial charge in [-0.3, -0.25) is 4.79 Å². The number of hydrogen-bond donors (Lipinski definition) is 2. The number of nitrogens with two attached hydrogens (primary N) is 1. The molecule has 6 nitrogen and oxygen atoms in total. The van der Waals surface area contributed by atoms with Crippen LogP contribution in [0.1, 0.15) is 31.5 Å². The number of aliphatic carboxylic acids is 1. The van der Waals surface area contributed by atoms with Crippen molar-refractivity contribution in [2.75, 3.05) is 0 Å². The molecular formula is C11H14N4O2. The summed E-state index contributed by atoms with van der Waals surface area (Å²) in [6.07, 6.45) is 3.18. The van der Waals surface area contributed by atoms with Crippen molar-refractivity contribution in [2.24, 2.45) is 5.73 Å². The van der Waals surface area contributed by atoms with E-state index in [1.807, 2.05) is 18.4 Å². The van der Waals surface area contributed by atoms with Crippen LogP contribution in [-0.2, 0) is 4.79 Å². The molecule has 0 amide bonds. The summed E-state index contributed by atoms with van der Waals surface area (Å²) in [6, 6.07) is 0.864. The largest absolute Gasteiger partial charge is 0.480 e. The van der Waals surface area contributed by atoms with Gasteiger partial charge in [0.1, 0.15) is 11.6 Å². The maximum absolute atomic E-state index is 10.8. The summed E-state index contributed by atoms with van der Waals surface area (Å²) < 4.78 is 1.92. The first kappa shape index (κ1) is 11.5. The molecule has 0 bridgehead atoms. The van der Waals surface area contributed by atoms with E-state index in [1.165, 1.54) is 6.20 Å². The van der Waals surface area contributed by atoms with Crippen LogP contribution in [0.15, 0.2) is 18.6 Å². The van der Waals surface area contributed by atoms with Crippen molar-refractivity contribution < 1.29 is 9.90 Å². The second-order valence-corrected chi connectivity index (χ2v) is 4.17. The molecule has 1 unspecified atom stereocenters. The van der Waals surface area contributed by atoms with Gasteiger partial charge in [-0.15, -0.1) is 0 Å². The molecule has 2 aromatic rings. The summed E-state index contributed by atoms with van der Waals surface area (Å²) in [5, 5.41) is 8.82. The zero-order valence-electron chi connectivity index (χ0n) is 9.66. The van der Waals surface area contributed by atoms with Gasteiger partial charge >= 0.3 is 5.97 Å². The fourth-order valence-corrected chi connectivity index (χ4v) is 1.63. The molecule has 2 aromatic heterocycles. The highest BCUT2D eigenvalue weighted by molar-refractivity contribution is 5.78. The van der Waals surface area contributed by atoms with Crippen molar-refractivity contribution in [2.45, 2.75) is 25.9 Å². The van der Waals surface area contributed by atoms with Crippen LogP contribution in [0, 0.1) is 0 Å². The van der Waals surface area contributed by atoms with Crippen LogP contribution in [0.2, 0.25) is 0 Å². The van der Waals surface area contributed by atoms with Crippen molar-refractivity contribution in [3.8, 4) is 0 Å². The number of hydrogen-bond acceptors (Lipinski definition) is 4. The number of nitrogens with zero attached hydrogens (tertiary/aromatic N) is 3. The summed E-state index contributed by atoms with van der Waals surface area (Å²) in [7, 11) is 0. The normalized spacial score (nSPS) is 13.2. The van der Waals surface area contributed by atoms with Gasteiger partial charge in [-0.05, 0) is 19.9 Å². The monoisotopic (exact) mass is 234 g/mol. The Morgan fingerprint density at radius 3 is 2.76 bits per heavy atom. The lowest BCUT2D eigenvalue weighted by molar-refractivity contribution is -0.138. The average molecular weight is 234 g/mol. The van der Waals surface area contributed by atoms with Gasteiger partial charge in [-0.25, -0.2) is 9.97 Å². The Morgan fingerprint density at radius 2 is 2.18 bits per heavy atom. The van der Waals surface area contributed by atoms with Crippen LogP contribution in [0.25, 0.3) is 11.2 Å². The lowest BCUT2D eigenvalue weighted by atomic mass is 10.1. The Labute approximate surface area is 98.1 Å². The van der Waals surface area contributed by atoms with Gasteiger partial charge < -0.3 is 15.4 Å². The Bertz CT molecular complexity index is 562. The molecule has 0 saturated carbocycles. The molecule has 0 spiro atoms. The third-order valence-electron chi connectivity index (χ3n) is 2.62. The molecule has 0 aromatic carbocycles. The molecule has 0 aliphatic rings. The fourth-order valence-electron chi connectivity index (χ4n) is 1.63. The number of rotatable bonds is 3. The Hall–Kier alpha value is -1.95. The minimum atomic E-state index is -1.07. The molecule has 2 heterocycles. The lowest BCUT2D eigenvalue weighted by Crippen LogP contribution is -2.20. The lowest BCUT2D eigenvalue weighted by Gasteiger charge is -2.08. The molecule has 1 atom stereocenters. The molecule has 3 N–H and O–H groups in total. The number of aromatic nitrogens is 3. The maximum Gasteiger partial charge on any atom is 0.325 e. The van der Waals surface area contributed by atoms with E-state index in [1.54, 1.807) is 12.4 Å². The molecule has 0 aliphatic carbocycles. The average Bonchev–Trinajstić information content (AvgIpc) is 2.70. The highest BCUT2D eigenvalue weighted by Crippen LogP contribution is 2.18. The summed E-state index contributed by atoms with van der Waals surface area (Å²) in [6.45, 7) is 4.05. The molecule has 6 heteroatoms. The van der Waals surface area contributed by atoms with Gasteiger partial charge in [0.2, 0.25) is 0 Å². The SMILES string of the molecule is CC(C)n1cnc2cc(C(N)C(=O)O)cnc21. The van der Waals surface area contributed by atoms with Crippen LogP contribution in [0.5, 0.6) is 0 Å². The van der Waals surface area contributed by atoms with Gasteiger partial charge in [0.15, 0.2) is 5.65 Å². The quantitative estimate of drug-likeness (QED) is 0.829. The highest BCUT2D eigenvalue weighted by atomic mass is 16.4. The van der Waals surface area contributed by atoms with E-state index in [0.717, 1.165) is 5.65 Å². The Morgan fingerprint density at radius 1 is 1.47 bits per heavy atom. The molecule has 0 fully saturated rings. The highest BCUT2D eigenvalue weighted by Gasteiger charge is 2.16. The number of pyridine rings is 1. The van der Waals surface area contributed by atoms with E-state index in [-0.39, 0.29) is 6.04 Å². The summed E-state index contributed by atoms with van der Waals surface area (Å²) in [5.74, 6) is -1.07. The van der Waals surface area contributed by atoms with Gasteiger partial charge in [0.05, 0.1) is 6.33 Å². The molecular weight excluding hydrogens is 220 g/mol. The van der Waals surface area contributed by atoms with E-state index in [0.29, 0.717) is 11.1 Å². The predicted octanol–water partition coefficient (Wildman–Crippen LogP) is 1.10. The van der Waals surface area contributed by atoms with Crippen molar-refractivity contribution >= 4 is 17.1 Å². The minimum absolute atomic E-state index is 0.256. The number of carboxylic acid groups (broad SMARTS) is 1. The third kappa shape index (κ3) is 1.99. The van der Waals surface area contributed by atoms with E-state index in [9.17, 15) is 4.79 Å². The molecule has 0 saturated heterocycles. The first-order valence-electron chi connectivity index (χ1n) is 5.31. The smallest absolute Gasteiger partial charge is 0.325 e. The van der Waals surface area contributed by atoms with Crippen LogP contribution in [-0.4, -0.2) is 25.6 Å². The molecule has 0 aliphatic heterocycles. The molecule has 17 heavy (non-hydrogen) atoms. The molecule has 2 rings (SSSR count). The minimum Gasteiger partial charge on any atom is -0.480 e. The second-order valence-electron chi connectivity index (χ2n) is 4.17. The standard InChI is InChI=1S/C11H14N4O2/c1-6(2)15-5-14-8-3-7(4-13-10(8)15)9(12)11(16)17/h3-6,9H,12H2,1-2H3,(H,16,17). The number of carboxylic acids is 1. The third-order valence-corrected chi connectivity index (χ3v) is 2.62. The molecule has 90 valence electrons. The number of imidazole rings is 1. The number of fused-ring (bicyclic) bond motifs is 1. The van der Waals surface area contributed by atoms with Gasteiger partial charge in [0, 0.05) is 17.8 Å². The van der Waals surface area contributed by atoms with Gasteiger partial charge in [-0.1, -0.05) is 0 Å². The van der Waals surface area contributed by atoms with E-state index >= 15 is 0 Å². The van der Waals surface area contributed by atoms with Crippen molar-refractivity contribution in [1.29, 1.82) is 0 Å². The fraction of sp³-hybridized carbons (Fsp3) is 0.364. The summed E-state index contributed by atoms with van der Waals surface area (Å²) in [5.41, 5.74) is 7.38. The zero-order valence-corrected chi connectivity index (χ0v) is 9.66. The van der Waals surface area contributed by atoms with Gasteiger partial charge in [-0.2, -0.15) is 0 Å². The number of carbonyl (C=O) groups is 1. The van der Waals surface area contributed by atoms with E-state index < -0.39 is 12.0 Å². The molecule has 0 radical (unpaired) electrons. The van der Waals surface area contributed by atoms with E-state index in [4.69, 9.17) is 10.8 Å². The van der Waals surface area contributed by atoms with Crippen molar-refractivity contribution in [3.05, 3.63) is 24.2 Å². The van der Waals surface area contributed by atoms with Crippen LogP contribution in [0.3, 0.4) is 0 Å². The summed E-state index contributed by atoms with van der Waals surface area (Å²) in [4.78, 5) is 19.2. The van der Waals surface area contributed by atoms with Crippen LogP contribution in [0.4, 0.5) is 0 Å². The van der Waals surface area contributed by atoms with Crippen molar-refractivity contribution in [1.82, 2.24) is 14.5 Å². The summed E-state index contributed by atoms with van der Waals surface area (Å²) >= 11 is 0. The second kappa shape index (κ2) is 4.14. The van der Waals surface area contributed by atoms with Gasteiger partial charge in [0.25, 0.3) is 0 Å². The predicted molar refractivity (Wildman–Crippen MR) is 62.5 cm³/mol. The van der Waals surface area contributed by atoms with Crippen molar-refractivity contribution in [3.63, 3.8) is 0 Å². The van der Waals surface area contributed by atoms with E-state index in [2.05, 4.69) is 9.97 Å². The first-order valence-corrected chi connectivity index (χ1v) is 5.31. The van der Waals surface area contributed by atoms with Crippen LogP contribution < -0.4 is 5.73 Å². The topological polar surface area (TPSA) is 94.0 Å². The first-order chi connectivity index (χ1) is 8.00. The Balaban J connectivity index is 2.49.